The van der Waals surface area contributed by atoms with Crippen molar-refractivity contribution < 1.29 is 4.79 Å². The van der Waals surface area contributed by atoms with Gasteiger partial charge in [-0.2, -0.15) is 0 Å². The van der Waals surface area contributed by atoms with Gasteiger partial charge in [0.1, 0.15) is 0 Å². The molecule has 4 heteroatoms. The number of benzene rings is 2. The number of carbonyl (C=O) groups excluding carboxylic acids is 1. The first kappa shape index (κ1) is 16.5. The van der Waals surface area contributed by atoms with Gasteiger partial charge in [0.05, 0.1) is 12.5 Å². The summed E-state index contributed by atoms with van der Waals surface area (Å²) in [5.41, 5.74) is 8.56. The molecule has 1 saturated heterocycles. The summed E-state index contributed by atoms with van der Waals surface area (Å²) < 4.78 is 0. The van der Waals surface area contributed by atoms with Crippen molar-refractivity contribution in [3.8, 4) is 0 Å². The first-order valence-corrected chi connectivity index (χ1v) is 8.62. The average Bonchev–Trinajstić information content (AvgIpc) is 3.10. The predicted octanol–water partition coefficient (Wildman–Crippen LogP) is 2.76. The lowest BCUT2D eigenvalue weighted by Crippen LogP contribution is -2.37. The number of anilines is 1. The van der Waals surface area contributed by atoms with Crippen molar-refractivity contribution >= 4 is 11.6 Å². The van der Waals surface area contributed by atoms with E-state index in [4.69, 9.17) is 5.73 Å². The molecule has 3 N–H and O–H groups in total. The molecule has 0 aliphatic carbocycles. The summed E-state index contributed by atoms with van der Waals surface area (Å²) in [4.78, 5) is 14.9. The fourth-order valence-corrected chi connectivity index (χ4v) is 3.21. The molecular formula is C20H25N3O. The van der Waals surface area contributed by atoms with Gasteiger partial charge in [-0.15, -0.1) is 0 Å². The molecule has 2 aromatic rings. The second-order valence-electron chi connectivity index (χ2n) is 6.46. The van der Waals surface area contributed by atoms with Crippen LogP contribution in [-0.4, -0.2) is 30.4 Å². The van der Waals surface area contributed by atoms with Gasteiger partial charge in [-0.3, -0.25) is 4.79 Å². The molecule has 0 spiro atoms. The van der Waals surface area contributed by atoms with E-state index in [2.05, 4.69) is 22.3 Å². The minimum Gasteiger partial charge on any atom is -0.399 e. The van der Waals surface area contributed by atoms with Crippen LogP contribution in [0.4, 0.5) is 5.69 Å². The summed E-state index contributed by atoms with van der Waals surface area (Å²) in [5, 5.41) is 3.21. The van der Waals surface area contributed by atoms with Crippen molar-refractivity contribution in [3.63, 3.8) is 0 Å². The van der Waals surface area contributed by atoms with Gasteiger partial charge in [-0.05, 0) is 49.2 Å². The zero-order chi connectivity index (χ0) is 16.8. The van der Waals surface area contributed by atoms with Crippen LogP contribution in [0.15, 0.2) is 54.6 Å². The Hall–Kier alpha value is -2.33. The molecule has 24 heavy (non-hydrogen) atoms. The van der Waals surface area contributed by atoms with E-state index in [1.165, 1.54) is 12.8 Å². The van der Waals surface area contributed by atoms with E-state index in [1.807, 2.05) is 42.5 Å². The van der Waals surface area contributed by atoms with Crippen molar-refractivity contribution in [3.05, 3.63) is 65.7 Å². The van der Waals surface area contributed by atoms with E-state index >= 15 is 0 Å². The molecule has 1 aliphatic heterocycles. The monoisotopic (exact) mass is 323 g/mol. The van der Waals surface area contributed by atoms with Crippen LogP contribution in [-0.2, 0) is 11.2 Å². The Labute approximate surface area is 143 Å². The number of hydrogen-bond donors (Lipinski definition) is 2. The number of hydrogen-bond acceptors (Lipinski definition) is 3. The SMILES string of the molecule is Nc1ccc(CC(=O)NC(CN2CCCC2)c2ccccc2)cc1. The average molecular weight is 323 g/mol. The Morgan fingerprint density at radius 3 is 2.38 bits per heavy atom. The molecule has 3 rings (SSSR count). The minimum atomic E-state index is 0.0329. The van der Waals surface area contributed by atoms with Crippen LogP contribution in [0.3, 0.4) is 0 Å². The molecule has 1 amide bonds. The molecule has 1 unspecified atom stereocenters. The van der Waals surface area contributed by atoms with Gasteiger partial charge < -0.3 is 16.0 Å². The van der Waals surface area contributed by atoms with Gasteiger partial charge in [-0.25, -0.2) is 0 Å². The molecule has 1 atom stereocenters. The second-order valence-corrected chi connectivity index (χ2v) is 6.46. The van der Waals surface area contributed by atoms with Crippen LogP contribution in [0.25, 0.3) is 0 Å². The number of carbonyl (C=O) groups is 1. The lowest BCUT2D eigenvalue weighted by atomic mass is 10.1. The van der Waals surface area contributed by atoms with Crippen molar-refractivity contribution in [1.29, 1.82) is 0 Å². The molecule has 4 nitrogen and oxygen atoms in total. The van der Waals surface area contributed by atoms with E-state index in [-0.39, 0.29) is 11.9 Å². The van der Waals surface area contributed by atoms with Gasteiger partial charge in [-0.1, -0.05) is 42.5 Å². The van der Waals surface area contributed by atoms with Crippen LogP contribution in [0.5, 0.6) is 0 Å². The molecule has 1 aliphatic rings. The van der Waals surface area contributed by atoms with Gasteiger partial charge >= 0.3 is 0 Å². The summed E-state index contributed by atoms with van der Waals surface area (Å²) in [5.74, 6) is 0.0489. The Morgan fingerprint density at radius 2 is 1.71 bits per heavy atom. The van der Waals surface area contributed by atoms with Crippen LogP contribution < -0.4 is 11.1 Å². The molecule has 126 valence electrons. The number of nitrogens with zero attached hydrogens (tertiary/aromatic N) is 1. The van der Waals surface area contributed by atoms with E-state index in [1.54, 1.807) is 0 Å². The summed E-state index contributed by atoms with van der Waals surface area (Å²) in [6.45, 7) is 3.12. The zero-order valence-electron chi connectivity index (χ0n) is 13.9. The predicted molar refractivity (Wildman–Crippen MR) is 97.6 cm³/mol. The maximum absolute atomic E-state index is 12.5. The highest BCUT2D eigenvalue weighted by molar-refractivity contribution is 5.79. The van der Waals surface area contributed by atoms with Crippen molar-refractivity contribution in [2.75, 3.05) is 25.4 Å². The number of rotatable bonds is 6. The van der Waals surface area contributed by atoms with Crippen molar-refractivity contribution in [2.45, 2.75) is 25.3 Å². The summed E-state index contributed by atoms with van der Waals surface area (Å²) in [6, 6.07) is 17.8. The topological polar surface area (TPSA) is 58.4 Å². The Bertz CT molecular complexity index is 648. The summed E-state index contributed by atoms with van der Waals surface area (Å²) >= 11 is 0. The van der Waals surface area contributed by atoms with Crippen molar-refractivity contribution in [1.82, 2.24) is 10.2 Å². The standard InChI is InChI=1S/C20H25N3O/c21-18-10-8-16(9-11-18)14-20(24)22-19(15-23-12-4-5-13-23)17-6-2-1-3-7-17/h1-3,6-11,19H,4-5,12-15,21H2,(H,22,24). The summed E-state index contributed by atoms with van der Waals surface area (Å²) in [6.07, 6.45) is 2.88. The van der Waals surface area contributed by atoms with E-state index in [0.29, 0.717) is 6.42 Å². The molecular weight excluding hydrogens is 298 g/mol. The van der Waals surface area contributed by atoms with Crippen LogP contribution in [0.2, 0.25) is 0 Å². The third kappa shape index (κ3) is 4.59. The molecule has 0 bridgehead atoms. The normalized spacial score (nSPS) is 16.0. The summed E-state index contributed by atoms with van der Waals surface area (Å²) in [7, 11) is 0. The first-order valence-electron chi connectivity index (χ1n) is 8.62. The highest BCUT2D eigenvalue weighted by Gasteiger charge is 2.20. The lowest BCUT2D eigenvalue weighted by molar-refractivity contribution is -0.121. The highest BCUT2D eigenvalue weighted by atomic mass is 16.1. The molecule has 2 aromatic carbocycles. The van der Waals surface area contributed by atoms with Gasteiger partial charge in [0.2, 0.25) is 5.91 Å². The Morgan fingerprint density at radius 1 is 1.04 bits per heavy atom. The first-order chi connectivity index (χ1) is 11.7. The molecule has 1 heterocycles. The smallest absolute Gasteiger partial charge is 0.224 e. The van der Waals surface area contributed by atoms with E-state index in [0.717, 1.165) is 36.4 Å². The van der Waals surface area contributed by atoms with Gasteiger partial charge in [0.15, 0.2) is 0 Å². The Balaban J connectivity index is 1.66. The number of nitrogen functional groups attached to an aromatic ring is 1. The van der Waals surface area contributed by atoms with Crippen LogP contribution >= 0.6 is 0 Å². The molecule has 0 saturated carbocycles. The van der Waals surface area contributed by atoms with Gasteiger partial charge in [0.25, 0.3) is 0 Å². The van der Waals surface area contributed by atoms with E-state index in [9.17, 15) is 4.79 Å². The number of amides is 1. The number of nitrogens with one attached hydrogen (secondary N) is 1. The third-order valence-corrected chi connectivity index (χ3v) is 4.52. The van der Waals surface area contributed by atoms with Gasteiger partial charge in [0, 0.05) is 12.2 Å². The maximum atomic E-state index is 12.5. The highest BCUT2D eigenvalue weighted by Crippen LogP contribution is 2.18. The second kappa shape index (κ2) is 7.97. The number of nitrogens with two attached hydrogens (primary N) is 1. The third-order valence-electron chi connectivity index (χ3n) is 4.52. The van der Waals surface area contributed by atoms with Crippen LogP contribution in [0.1, 0.15) is 30.0 Å². The van der Waals surface area contributed by atoms with Crippen LogP contribution in [0, 0.1) is 0 Å². The fraction of sp³-hybridized carbons (Fsp3) is 0.350. The molecule has 1 fully saturated rings. The molecule has 0 aromatic heterocycles. The van der Waals surface area contributed by atoms with E-state index < -0.39 is 0 Å². The zero-order valence-corrected chi connectivity index (χ0v) is 13.9. The Kier molecular flexibility index (Phi) is 5.49. The number of likely N-dealkylation sites (tertiary alicyclic amines) is 1. The minimum absolute atomic E-state index is 0.0329. The molecule has 0 radical (unpaired) electrons. The quantitative estimate of drug-likeness (QED) is 0.804. The lowest BCUT2D eigenvalue weighted by Gasteiger charge is -2.25. The largest absolute Gasteiger partial charge is 0.399 e. The van der Waals surface area contributed by atoms with Crippen molar-refractivity contribution in [2.24, 2.45) is 0 Å². The maximum Gasteiger partial charge on any atom is 0.224 e. The fourth-order valence-electron chi connectivity index (χ4n) is 3.21.